The van der Waals surface area contributed by atoms with E-state index in [4.69, 9.17) is 0 Å². The molecule has 0 atom stereocenters. The van der Waals surface area contributed by atoms with Gasteiger partial charge in [-0.3, -0.25) is 14.0 Å². The molecular weight excluding hydrogens is 316 g/mol. The average molecular weight is 336 g/mol. The zero-order valence-electron chi connectivity index (χ0n) is 14.5. The first-order valence-corrected chi connectivity index (χ1v) is 8.04. The van der Waals surface area contributed by atoms with Crippen LogP contribution in [0.5, 0.6) is 0 Å². The van der Waals surface area contributed by atoms with Gasteiger partial charge in [-0.15, -0.1) is 0 Å². The van der Waals surface area contributed by atoms with Crippen LogP contribution in [0.25, 0.3) is 5.65 Å². The third-order valence-electron chi connectivity index (χ3n) is 4.05. The highest BCUT2D eigenvalue weighted by Crippen LogP contribution is 2.20. The zero-order valence-corrected chi connectivity index (χ0v) is 14.5. The summed E-state index contributed by atoms with van der Waals surface area (Å²) in [6, 6.07) is 10.9. The van der Waals surface area contributed by atoms with Gasteiger partial charge >= 0.3 is 0 Å². The Balaban J connectivity index is 1.91. The van der Waals surface area contributed by atoms with Gasteiger partial charge in [0.05, 0.1) is 17.8 Å². The summed E-state index contributed by atoms with van der Waals surface area (Å²) in [5.74, 6) is -0.150. The van der Waals surface area contributed by atoms with Crippen LogP contribution in [0.1, 0.15) is 27.2 Å². The number of nitrogens with one attached hydrogen (secondary N) is 2. The van der Waals surface area contributed by atoms with Crippen molar-refractivity contribution in [3.05, 3.63) is 75.3 Å². The lowest BCUT2D eigenvalue weighted by molar-refractivity contribution is 0.0963. The van der Waals surface area contributed by atoms with Gasteiger partial charge in [0.2, 0.25) is 0 Å². The SMILES string of the molecule is CNC(=O)c1c(C)cccc1NCc1cc(=O)n2cc(C)ccc2n1. The number of amides is 1. The number of aromatic nitrogens is 2. The second kappa shape index (κ2) is 6.76. The van der Waals surface area contributed by atoms with Gasteiger partial charge < -0.3 is 10.6 Å². The van der Waals surface area contributed by atoms with E-state index >= 15 is 0 Å². The molecule has 1 aromatic carbocycles. The van der Waals surface area contributed by atoms with Crippen molar-refractivity contribution in [3.63, 3.8) is 0 Å². The molecule has 2 aromatic heterocycles. The first-order valence-electron chi connectivity index (χ1n) is 8.04. The Hall–Kier alpha value is -3.15. The standard InChI is InChI=1S/C19H20N4O2/c1-12-7-8-16-22-14(9-17(24)23(16)11-12)10-21-15-6-4-5-13(2)18(15)19(25)20-3/h4-9,11,21H,10H2,1-3H3,(H,20,25). The molecule has 25 heavy (non-hydrogen) atoms. The Morgan fingerprint density at radius 3 is 2.76 bits per heavy atom. The molecule has 0 aliphatic rings. The molecule has 0 radical (unpaired) electrons. The van der Waals surface area contributed by atoms with Gasteiger partial charge in [-0.2, -0.15) is 0 Å². The lowest BCUT2D eigenvalue weighted by Gasteiger charge is -2.13. The van der Waals surface area contributed by atoms with Crippen LogP contribution < -0.4 is 16.2 Å². The van der Waals surface area contributed by atoms with Crippen molar-refractivity contribution in [2.75, 3.05) is 12.4 Å². The lowest BCUT2D eigenvalue weighted by Crippen LogP contribution is -2.21. The minimum Gasteiger partial charge on any atom is -0.379 e. The number of aryl methyl sites for hydroxylation is 2. The van der Waals surface area contributed by atoms with Crippen LogP contribution in [-0.4, -0.2) is 22.3 Å². The van der Waals surface area contributed by atoms with Crippen molar-refractivity contribution < 1.29 is 4.79 Å². The smallest absolute Gasteiger partial charge is 0.258 e. The van der Waals surface area contributed by atoms with E-state index in [0.717, 1.165) is 11.1 Å². The molecule has 0 fully saturated rings. The molecule has 0 unspecified atom stereocenters. The Kier molecular flexibility index (Phi) is 4.52. The van der Waals surface area contributed by atoms with E-state index in [9.17, 15) is 9.59 Å². The summed E-state index contributed by atoms with van der Waals surface area (Å²) in [4.78, 5) is 28.9. The molecule has 0 saturated carbocycles. The summed E-state index contributed by atoms with van der Waals surface area (Å²) in [5, 5.41) is 5.87. The highest BCUT2D eigenvalue weighted by molar-refractivity contribution is 6.00. The fourth-order valence-electron chi connectivity index (χ4n) is 2.78. The van der Waals surface area contributed by atoms with Crippen LogP contribution in [0, 0.1) is 13.8 Å². The molecule has 2 heterocycles. The van der Waals surface area contributed by atoms with E-state index in [-0.39, 0.29) is 11.5 Å². The van der Waals surface area contributed by atoms with Gasteiger partial charge in [0, 0.05) is 25.0 Å². The van der Waals surface area contributed by atoms with E-state index in [1.54, 1.807) is 13.2 Å². The molecule has 0 aliphatic carbocycles. The fraction of sp³-hybridized carbons (Fsp3) is 0.211. The zero-order chi connectivity index (χ0) is 18.0. The number of benzene rings is 1. The average Bonchev–Trinajstić information content (AvgIpc) is 2.60. The van der Waals surface area contributed by atoms with Gasteiger partial charge in [-0.05, 0) is 37.1 Å². The monoisotopic (exact) mass is 336 g/mol. The molecule has 3 rings (SSSR count). The summed E-state index contributed by atoms with van der Waals surface area (Å²) < 4.78 is 1.53. The number of carbonyl (C=O) groups excluding carboxylic acids is 1. The van der Waals surface area contributed by atoms with Crippen LogP contribution in [0.3, 0.4) is 0 Å². The van der Waals surface area contributed by atoms with Crippen molar-refractivity contribution >= 4 is 17.2 Å². The van der Waals surface area contributed by atoms with E-state index in [0.29, 0.717) is 29.1 Å². The lowest BCUT2D eigenvalue weighted by atomic mass is 10.1. The molecule has 3 aromatic rings. The maximum absolute atomic E-state index is 12.3. The summed E-state index contributed by atoms with van der Waals surface area (Å²) in [5.41, 5.74) is 4.29. The van der Waals surface area contributed by atoms with Crippen molar-refractivity contribution in [1.29, 1.82) is 0 Å². The molecule has 0 bridgehead atoms. The Labute approximate surface area is 145 Å². The van der Waals surface area contributed by atoms with Gasteiger partial charge in [0.15, 0.2) is 0 Å². The van der Waals surface area contributed by atoms with Crippen LogP contribution in [-0.2, 0) is 6.54 Å². The van der Waals surface area contributed by atoms with Gasteiger partial charge in [0.25, 0.3) is 11.5 Å². The summed E-state index contributed by atoms with van der Waals surface area (Å²) in [6.07, 6.45) is 1.77. The third-order valence-corrected chi connectivity index (χ3v) is 4.05. The molecule has 0 saturated heterocycles. The number of hydrogen-bond acceptors (Lipinski definition) is 4. The highest BCUT2D eigenvalue weighted by Gasteiger charge is 2.13. The molecule has 2 N–H and O–H groups in total. The maximum Gasteiger partial charge on any atom is 0.258 e. The molecule has 1 amide bonds. The van der Waals surface area contributed by atoms with E-state index in [1.165, 1.54) is 10.5 Å². The minimum absolute atomic E-state index is 0.124. The van der Waals surface area contributed by atoms with E-state index < -0.39 is 0 Å². The topological polar surface area (TPSA) is 75.5 Å². The van der Waals surface area contributed by atoms with Crippen LogP contribution >= 0.6 is 0 Å². The third kappa shape index (κ3) is 3.38. The number of nitrogens with zero attached hydrogens (tertiary/aromatic N) is 2. The Bertz CT molecular complexity index is 1010. The minimum atomic E-state index is -0.150. The van der Waals surface area contributed by atoms with E-state index in [1.807, 2.05) is 44.2 Å². The number of anilines is 1. The van der Waals surface area contributed by atoms with Crippen LogP contribution in [0.15, 0.2) is 47.4 Å². The van der Waals surface area contributed by atoms with E-state index in [2.05, 4.69) is 15.6 Å². The largest absolute Gasteiger partial charge is 0.379 e. The quantitative estimate of drug-likeness (QED) is 0.766. The number of carbonyl (C=O) groups is 1. The molecule has 6 heteroatoms. The van der Waals surface area contributed by atoms with Crippen LogP contribution in [0.2, 0.25) is 0 Å². The molecular formula is C19H20N4O2. The summed E-state index contributed by atoms with van der Waals surface area (Å²) in [7, 11) is 1.60. The Morgan fingerprint density at radius 1 is 1.20 bits per heavy atom. The molecule has 128 valence electrons. The number of pyridine rings is 1. The summed E-state index contributed by atoms with van der Waals surface area (Å²) >= 11 is 0. The summed E-state index contributed by atoms with van der Waals surface area (Å²) in [6.45, 7) is 4.17. The predicted molar refractivity (Wildman–Crippen MR) is 98.1 cm³/mol. The number of hydrogen-bond donors (Lipinski definition) is 2. The van der Waals surface area contributed by atoms with Crippen molar-refractivity contribution in [3.8, 4) is 0 Å². The second-order valence-corrected chi connectivity index (χ2v) is 5.95. The van der Waals surface area contributed by atoms with Crippen molar-refractivity contribution in [2.45, 2.75) is 20.4 Å². The van der Waals surface area contributed by atoms with Crippen molar-refractivity contribution in [1.82, 2.24) is 14.7 Å². The van der Waals surface area contributed by atoms with Gasteiger partial charge in [0.1, 0.15) is 5.65 Å². The Morgan fingerprint density at radius 2 is 2.00 bits per heavy atom. The predicted octanol–water partition coefficient (Wildman–Crippen LogP) is 2.28. The second-order valence-electron chi connectivity index (χ2n) is 5.95. The van der Waals surface area contributed by atoms with Gasteiger partial charge in [-0.25, -0.2) is 4.98 Å². The van der Waals surface area contributed by atoms with Gasteiger partial charge in [-0.1, -0.05) is 18.2 Å². The van der Waals surface area contributed by atoms with Crippen molar-refractivity contribution in [2.24, 2.45) is 0 Å². The fourth-order valence-corrected chi connectivity index (χ4v) is 2.78. The number of rotatable bonds is 4. The first-order chi connectivity index (χ1) is 12.0. The first kappa shape index (κ1) is 16.7. The molecule has 0 aliphatic heterocycles. The maximum atomic E-state index is 12.3. The highest BCUT2D eigenvalue weighted by atomic mass is 16.1. The molecule has 0 spiro atoms. The normalized spacial score (nSPS) is 10.7. The molecule has 6 nitrogen and oxygen atoms in total. The van der Waals surface area contributed by atoms with Crippen LogP contribution in [0.4, 0.5) is 5.69 Å². The number of fused-ring (bicyclic) bond motifs is 1.